The molecule has 3 aromatic heterocycles. The van der Waals surface area contributed by atoms with Gasteiger partial charge in [0.05, 0.1) is 11.9 Å². The Bertz CT molecular complexity index is 825. The van der Waals surface area contributed by atoms with Crippen LogP contribution in [0.3, 0.4) is 0 Å². The fourth-order valence-electron chi connectivity index (χ4n) is 1.85. The van der Waals surface area contributed by atoms with Crippen molar-refractivity contribution in [3.05, 3.63) is 60.9 Å². The van der Waals surface area contributed by atoms with Crippen LogP contribution in [0.1, 0.15) is 10.5 Å². The molecular weight excluding hydrogens is 308 g/mol. The smallest absolute Gasteiger partial charge is 0.288 e. The van der Waals surface area contributed by atoms with Crippen LogP contribution in [0.4, 0.5) is 23.0 Å². The summed E-state index contributed by atoms with van der Waals surface area (Å²) in [6, 6.07) is 8.64. The van der Waals surface area contributed by atoms with E-state index in [0.29, 0.717) is 5.82 Å². The second-order valence-corrected chi connectivity index (χ2v) is 4.65. The molecule has 0 saturated heterocycles. The number of nitrogens with one attached hydrogen (secondary N) is 3. The lowest BCUT2D eigenvalue weighted by Gasteiger charge is -2.12. The highest BCUT2D eigenvalue weighted by molar-refractivity contribution is 5.93. The van der Waals surface area contributed by atoms with Gasteiger partial charge in [-0.25, -0.2) is 9.97 Å². The van der Waals surface area contributed by atoms with E-state index < -0.39 is 5.91 Å². The molecule has 0 radical (unpaired) electrons. The van der Waals surface area contributed by atoms with Crippen molar-refractivity contribution >= 4 is 28.9 Å². The van der Waals surface area contributed by atoms with Crippen LogP contribution in [0.25, 0.3) is 0 Å². The van der Waals surface area contributed by atoms with Gasteiger partial charge in [0.15, 0.2) is 11.6 Å². The Morgan fingerprint density at radius 3 is 2.62 bits per heavy atom. The van der Waals surface area contributed by atoms with Gasteiger partial charge in [-0.3, -0.25) is 25.6 Å². The van der Waals surface area contributed by atoms with Crippen LogP contribution >= 0.6 is 0 Å². The summed E-state index contributed by atoms with van der Waals surface area (Å²) >= 11 is 0. The fraction of sp³-hybridized carbons (Fsp3) is 0. The third-order valence-electron chi connectivity index (χ3n) is 3.00. The van der Waals surface area contributed by atoms with Gasteiger partial charge in [0, 0.05) is 12.4 Å². The third kappa shape index (κ3) is 3.53. The number of carbonyl (C=O) groups excluding carboxylic acids is 1. The lowest BCUT2D eigenvalue weighted by atomic mass is 10.3. The van der Waals surface area contributed by atoms with Crippen LogP contribution in [0.15, 0.2) is 55.2 Å². The molecule has 0 saturated carbocycles. The predicted molar refractivity (Wildman–Crippen MR) is 89.3 cm³/mol. The average Bonchev–Trinajstić information content (AvgIpc) is 2.64. The third-order valence-corrected chi connectivity index (χ3v) is 3.00. The second kappa shape index (κ2) is 7.01. The van der Waals surface area contributed by atoms with Crippen LogP contribution in [-0.2, 0) is 0 Å². The second-order valence-electron chi connectivity index (χ2n) is 4.65. The van der Waals surface area contributed by atoms with Crippen molar-refractivity contribution in [2.24, 2.45) is 0 Å². The van der Waals surface area contributed by atoms with Crippen molar-refractivity contribution in [3.8, 4) is 0 Å². The van der Waals surface area contributed by atoms with E-state index >= 15 is 0 Å². The minimum Gasteiger partial charge on any atom is -0.393 e. The van der Waals surface area contributed by atoms with Gasteiger partial charge < -0.3 is 11.1 Å². The van der Waals surface area contributed by atoms with Gasteiger partial charge in [0.2, 0.25) is 0 Å². The number of anilines is 4. The molecule has 0 spiro atoms. The zero-order valence-corrected chi connectivity index (χ0v) is 12.5. The summed E-state index contributed by atoms with van der Waals surface area (Å²) < 4.78 is 0. The maximum atomic E-state index is 12.0. The Morgan fingerprint density at radius 2 is 1.88 bits per heavy atom. The Kier molecular flexibility index (Phi) is 4.43. The Labute approximate surface area is 137 Å². The number of hydrogen-bond acceptors (Lipinski definition) is 8. The molecule has 0 atom stereocenters. The first-order valence-corrected chi connectivity index (χ1v) is 6.99. The van der Waals surface area contributed by atoms with Crippen molar-refractivity contribution in [2.45, 2.75) is 0 Å². The Balaban J connectivity index is 1.70. The summed E-state index contributed by atoms with van der Waals surface area (Å²) in [5.41, 5.74) is 12.4. The maximum absolute atomic E-state index is 12.0. The minimum absolute atomic E-state index is 0.252. The lowest BCUT2D eigenvalue weighted by Crippen LogP contribution is -2.31. The van der Waals surface area contributed by atoms with Crippen LogP contribution < -0.4 is 21.9 Å². The van der Waals surface area contributed by atoms with Crippen molar-refractivity contribution < 1.29 is 4.79 Å². The van der Waals surface area contributed by atoms with Crippen molar-refractivity contribution in [2.75, 3.05) is 16.5 Å². The number of amides is 1. The molecular formula is C15H14N8O. The molecule has 0 unspecified atom stereocenters. The highest BCUT2D eigenvalue weighted by atomic mass is 16.2. The number of carbonyl (C=O) groups is 1. The normalized spacial score (nSPS) is 10.0. The summed E-state index contributed by atoms with van der Waals surface area (Å²) in [6.45, 7) is 0. The van der Waals surface area contributed by atoms with E-state index in [0.717, 1.165) is 5.69 Å². The van der Waals surface area contributed by atoms with Crippen molar-refractivity contribution in [1.82, 2.24) is 25.4 Å². The van der Waals surface area contributed by atoms with E-state index in [1.165, 1.54) is 12.5 Å². The summed E-state index contributed by atoms with van der Waals surface area (Å²) in [4.78, 5) is 28.0. The van der Waals surface area contributed by atoms with Gasteiger partial charge in [-0.05, 0) is 24.3 Å². The molecule has 0 aliphatic heterocycles. The molecule has 120 valence electrons. The van der Waals surface area contributed by atoms with Gasteiger partial charge in [-0.2, -0.15) is 0 Å². The molecule has 24 heavy (non-hydrogen) atoms. The van der Waals surface area contributed by atoms with Crippen molar-refractivity contribution in [1.29, 1.82) is 0 Å². The van der Waals surface area contributed by atoms with E-state index in [-0.39, 0.29) is 17.2 Å². The molecule has 3 aromatic rings. The predicted octanol–water partition coefficient (Wildman–Crippen LogP) is 1.35. The number of pyridine rings is 2. The molecule has 0 aromatic carbocycles. The SMILES string of the molecule is Nc1c(NNC(=O)c2ccccn2)ncnc1Nc1cccnc1. The highest BCUT2D eigenvalue weighted by Crippen LogP contribution is 2.24. The standard InChI is InChI=1S/C15H14N8O/c16-12-13(21-10-4-3-6-17-8-10)19-9-20-14(12)22-23-15(24)11-5-1-2-7-18-11/h1-9H,16H2,(H,23,24)(H2,19,20,21,22). The summed E-state index contributed by atoms with van der Waals surface area (Å²) in [5, 5.41) is 3.03. The number of nitrogen functional groups attached to an aromatic ring is 1. The van der Waals surface area contributed by atoms with Gasteiger partial charge in [0.25, 0.3) is 5.91 Å². The zero-order valence-electron chi connectivity index (χ0n) is 12.5. The highest BCUT2D eigenvalue weighted by Gasteiger charge is 2.10. The molecule has 3 heterocycles. The quantitative estimate of drug-likeness (QED) is 0.518. The summed E-state index contributed by atoms with van der Waals surface area (Å²) in [7, 11) is 0. The van der Waals surface area contributed by atoms with Crippen LogP contribution in [0.2, 0.25) is 0 Å². The first-order chi connectivity index (χ1) is 11.7. The molecule has 0 fully saturated rings. The first kappa shape index (κ1) is 15.2. The molecule has 0 aliphatic carbocycles. The maximum Gasteiger partial charge on any atom is 0.288 e. The summed E-state index contributed by atoms with van der Waals surface area (Å²) in [6.07, 6.45) is 6.15. The first-order valence-electron chi connectivity index (χ1n) is 6.99. The van der Waals surface area contributed by atoms with Gasteiger partial charge in [-0.15, -0.1) is 0 Å². The monoisotopic (exact) mass is 322 g/mol. The molecule has 0 aliphatic rings. The lowest BCUT2D eigenvalue weighted by molar-refractivity contribution is 0.0957. The van der Waals surface area contributed by atoms with Crippen LogP contribution in [-0.4, -0.2) is 25.8 Å². The zero-order chi connectivity index (χ0) is 16.8. The molecule has 3 rings (SSSR count). The Hall–Kier alpha value is -3.75. The van der Waals surface area contributed by atoms with E-state index in [2.05, 4.69) is 36.1 Å². The number of nitrogens with zero attached hydrogens (tertiary/aromatic N) is 4. The number of aromatic nitrogens is 4. The fourth-order valence-corrected chi connectivity index (χ4v) is 1.85. The Morgan fingerprint density at radius 1 is 1.00 bits per heavy atom. The number of nitrogens with two attached hydrogens (primary N) is 1. The average molecular weight is 322 g/mol. The van der Waals surface area contributed by atoms with Gasteiger partial charge in [0.1, 0.15) is 17.7 Å². The van der Waals surface area contributed by atoms with E-state index in [1.54, 1.807) is 36.7 Å². The topological polar surface area (TPSA) is 131 Å². The number of rotatable bonds is 5. The van der Waals surface area contributed by atoms with Gasteiger partial charge in [-0.1, -0.05) is 6.07 Å². The van der Waals surface area contributed by atoms with E-state index in [4.69, 9.17) is 5.73 Å². The van der Waals surface area contributed by atoms with E-state index in [9.17, 15) is 4.79 Å². The largest absolute Gasteiger partial charge is 0.393 e. The molecule has 0 bridgehead atoms. The molecule has 9 nitrogen and oxygen atoms in total. The van der Waals surface area contributed by atoms with E-state index in [1.807, 2.05) is 6.07 Å². The van der Waals surface area contributed by atoms with Gasteiger partial charge >= 0.3 is 0 Å². The number of hydrazine groups is 1. The number of hydrogen-bond donors (Lipinski definition) is 4. The summed E-state index contributed by atoms with van der Waals surface area (Å²) in [5.74, 6) is 0.253. The minimum atomic E-state index is -0.407. The van der Waals surface area contributed by atoms with Crippen LogP contribution in [0, 0.1) is 0 Å². The molecule has 5 N–H and O–H groups in total. The van der Waals surface area contributed by atoms with Crippen LogP contribution in [0.5, 0.6) is 0 Å². The molecule has 9 heteroatoms. The van der Waals surface area contributed by atoms with Crippen molar-refractivity contribution in [3.63, 3.8) is 0 Å². The molecule has 1 amide bonds.